The molecule has 0 radical (unpaired) electrons. The quantitative estimate of drug-likeness (QED) is 0.512. The number of likely N-dealkylation sites (N-methyl/N-ethyl adjacent to an activating group) is 1. The molecule has 0 aliphatic carbocycles. The molecule has 0 N–H and O–H groups in total. The maximum atomic E-state index is 6.13. The van der Waals surface area contributed by atoms with E-state index in [1.54, 1.807) is 0 Å². The smallest absolute Gasteiger partial charge is 0.0991 e. The molecule has 0 spiro atoms. The van der Waals surface area contributed by atoms with Gasteiger partial charge in [-0.2, -0.15) is 0 Å². The fourth-order valence-corrected chi connectivity index (χ4v) is 6.21. The second-order valence-corrected chi connectivity index (χ2v) is 8.90. The Labute approximate surface area is 169 Å². The van der Waals surface area contributed by atoms with E-state index < -0.39 is 0 Å². The van der Waals surface area contributed by atoms with Gasteiger partial charge < -0.3 is 0 Å². The predicted molar refractivity (Wildman–Crippen MR) is 113 cm³/mol. The fraction of sp³-hybridized carbons (Fsp3) is 0.381. The summed E-state index contributed by atoms with van der Waals surface area (Å²) in [5.74, 6) is 1.01. The number of thiazole rings is 1. The van der Waals surface area contributed by atoms with Gasteiger partial charge in [0.15, 0.2) is 0 Å². The summed E-state index contributed by atoms with van der Waals surface area (Å²) in [4.78, 5) is 7.66. The van der Waals surface area contributed by atoms with Crippen molar-refractivity contribution in [3.05, 3.63) is 64.1 Å². The van der Waals surface area contributed by atoms with Crippen LogP contribution in [0.3, 0.4) is 0 Å². The van der Waals surface area contributed by atoms with Crippen LogP contribution in [-0.2, 0) is 0 Å². The molecular weight excluding hydrogens is 383 g/mol. The van der Waals surface area contributed by atoms with Crippen LogP contribution in [0, 0.1) is 0 Å². The predicted octanol–water partition coefficient (Wildman–Crippen LogP) is 6.11. The molecule has 4 atom stereocenters. The van der Waals surface area contributed by atoms with E-state index in [0.29, 0.717) is 23.9 Å². The molecule has 2 aliphatic heterocycles. The molecule has 2 saturated heterocycles. The van der Waals surface area contributed by atoms with E-state index in [0.717, 1.165) is 10.5 Å². The molecule has 0 amide bonds. The van der Waals surface area contributed by atoms with E-state index in [1.165, 1.54) is 34.5 Å². The highest BCUT2D eigenvalue weighted by Crippen LogP contribution is 2.52. The first-order valence-electron chi connectivity index (χ1n) is 9.03. The minimum absolute atomic E-state index is 0. The molecule has 136 valence electrons. The third kappa shape index (κ3) is 2.95. The van der Waals surface area contributed by atoms with Crippen molar-refractivity contribution < 1.29 is 0 Å². The number of halogens is 2. The minimum atomic E-state index is 0. The summed E-state index contributed by atoms with van der Waals surface area (Å²) in [6.07, 6.45) is 3.81. The molecule has 3 aromatic rings. The zero-order valence-corrected chi connectivity index (χ0v) is 17.0. The summed E-state index contributed by atoms with van der Waals surface area (Å²) >= 11 is 8.01. The highest BCUT2D eigenvalue weighted by atomic mass is 35.5. The summed E-state index contributed by atoms with van der Waals surface area (Å²) in [7, 11) is 2.31. The van der Waals surface area contributed by atoms with E-state index in [-0.39, 0.29) is 12.4 Å². The Morgan fingerprint density at radius 1 is 1.08 bits per heavy atom. The van der Waals surface area contributed by atoms with Crippen LogP contribution in [0.2, 0.25) is 5.02 Å². The number of piperidine rings is 1. The Morgan fingerprint density at radius 3 is 2.62 bits per heavy atom. The summed E-state index contributed by atoms with van der Waals surface area (Å²) in [6, 6.07) is 18.3. The minimum Gasteiger partial charge on any atom is -0.300 e. The number of rotatable bonds is 2. The van der Waals surface area contributed by atoms with Crippen molar-refractivity contribution in [3.8, 4) is 0 Å². The molecule has 26 heavy (non-hydrogen) atoms. The average Bonchev–Trinajstić information content (AvgIpc) is 3.14. The van der Waals surface area contributed by atoms with Gasteiger partial charge in [-0.1, -0.05) is 35.9 Å². The molecule has 2 fully saturated rings. The van der Waals surface area contributed by atoms with Crippen LogP contribution in [0.25, 0.3) is 10.2 Å². The Balaban J connectivity index is 0.00000168. The van der Waals surface area contributed by atoms with E-state index in [4.69, 9.17) is 16.6 Å². The molecule has 2 unspecified atom stereocenters. The second kappa shape index (κ2) is 7.12. The van der Waals surface area contributed by atoms with Gasteiger partial charge in [0.25, 0.3) is 0 Å². The maximum absolute atomic E-state index is 6.13. The largest absolute Gasteiger partial charge is 0.300 e. The first kappa shape index (κ1) is 18.2. The molecule has 5 heteroatoms. The number of fused-ring (bicyclic) bond motifs is 3. The van der Waals surface area contributed by atoms with Crippen molar-refractivity contribution in [2.24, 2.45) is 0 Å². The number of para-hydroxylation sites is 1. The number of nitrogens with zero attached hydrogens (tertiary/aromatic N) is 2. The topological polar surface area (TPSA) is 16.1 Å². The molecule has 0 saturated carbocycles. The Hall–Kier alpha value is -1.13. The van der Waals surface area contributed by atoms with Crippen LogP contribution in [-0.4, -0.2) is 29.0 Å². The summed E-state index contributed by atoms with van der Waals surface area (Å²) in [5.41, 5.74) is 2.55. The highest BCUT2D eigenvalue weighted by molar-refractivity contribution is 7.18. The van der Waals surface area contributed by atoms with Crippen molar-refractivity contribution in [1.29, 1.82) is 0 Å². The van der Waals surface area contributed by atoms with Crippen molar-refractivity contribution >= 4 is 45.6 Å². The number of hydrogen-bond donors (Lipinski definition) is 0. The lowest BCUT2D eigenvalue weighted by Crippen LogP contribution is -2.44. The lowest BCUT2D eigenvalue weighted by molar-refractivity contribution is 0.137. The molecular formula is C21H22Cl2N2S. The highest BCUT2D eigenvalue weighted by Gasteiger charge is 2.47. The monoisotopic (exact) mass is 404 g/mol. The van der Waals surface area contributed by atoms with Gasteiger partial charge in [-0.25, -0.2) is 4.98 Å². The van der Waals surface area contributed by atoms with Crippen molar-refractivity contribution in [2.45, 2.75) is 43.2 Å². The zero-order valence-electron chi connectivity index (χ0n) is 14.6. The van der Waals surface area contributed by atoms with Gasteiger partial charge in [-0.05, 0) is 62.1 Å². The molecule has 2 nitrogen and oxygen atoms in total. The van der Waals surface area contributed by atoms with Gasteiger partial charge in [0.1, 0.15) is 0 Å². The Kier molecular flexibility index (Phi) is 5.00. The standard InChI is InChI=1S/C21H21ClN2S.ClH/c1-24-15-10-11-18(24)20(16(12-15)13-6-8-14(22)9-7-13)21-23-17-4-2-3-5-19(17)25-21;/h2-9,15-16,18,20H,10-12H2,1H3;1H/t15?,16-,18?,20+;/m1./s1. The van der Waals surface area contributed by atoms with Gasteiger partial charge in [0.2, 0.25) is 0 Å². The van der Waals surface area contributed by atoms with Crippen molar-refractivity contribution in [2.75, 3.05) is 7.05 Å². The van der Waals surface area contributed by atoms with Crippen LogP contribution < -0.4 is 0 Å². The van der Waals surface area contributed by atoms with Gasteiger partial charge in [-0.3, -0.25) is 4.90 Å². The molecule has 2 aliphatic rings. The van der Waals surface area contributed by atoms with Crippen LogP contribution in [0.5, 0.6) is 0 Å². The van der Waals surface area contributed by atoms with Crippen LogP contribution >= 0.6 is 35.3 Å². The van der Waals surface area contributed by atoms with E-state index in [2.05, 4.69) is 48.3 Å². The van der Waals surface area contributed by atoms with Crippen LogP contribution in [0.4, 0.5) is 0 Å². The normalized spacial score (nSPS) is 28.2. The molecule has 2 aromatic carbocycles. The first-order valence-corrected chi connectivity index (χ1v) is 10.2. The average molecular weight is 405 g/mol. The molecule has 3 heterocycles. The van der Waals surface area contributed by atoms with E-state index in [1.807, 2.05) is 23.5 Å². The molecule has 1 aromatic heterocycles. The third-order valence-electron chi connectivity index (χ3n) is 6.16. The van der Waals surface area contributed by atoms with E-state index in [9.17, 15) is 0 Å². The molecule has 5 rings (SSSR count). The van der Waals surface area contributed by atoms with E-state index >= 15 is 0 Å². The van der Waals surface area contributed by atoms with Gasteiger partial charge in [-0.15, -0.1) is 23.7 Å². The summed E-state index contributed by atoms with van der Waals surface area (Å²) < 4.78 is 1.30. The number of hydrogen-bond acceptors (Lipinski definition) is 3. The van der Waals surface area contributed by atoms with Crippen LogP contribution in [0.1, 0.15) is 41.7 Å². The Morgan fingerprint density at radius 2 is 1.85 bits per heavy atom. The molecule has 2 bridgehead atoms. The zero-order chi connectivity index (χ0) is 17.0. The lowest BCUT2D eigenvalue weighted by atomic mass is 9.76. The SMILES string of the molecule is CN1C2CCC1[C@@H](c1nc3ccccc3s1)[C@@H](c1ccc(Cl)cc1)C2.Cl. The fourth-order valence-electron chi connectivity index (χ4n) is 4.89. The summed E-state index contributed by atoms with van der Waals surface area (Å²) in [6.45, 7) is 0. The summed E-state index contributed by atoms with van der Waals surface area (Å²) in [5, 5.41) is 2.12. The van der Waals surface area contributed by atoms with Crippen LogP contribution in [0.15, 0.2) is 48.5 Å². The van der Waals surface area contributed by atoms with Gasteiger partial charge in [0.05, 0.1) is 15.2 Å². The van der Waals surface area contributed by atoms with Gasteiger partial charge >= 0.3 is 0 Å². The number of aromatic nitrogens is 1. The second-order valence-electron chi connectivity index (χ2n) is 7.40. The third-order valence-corrected chi connectivity index (χ3v) is 7.55. The number of benzene rings is 2. The van der Waals surface area contributed by atoms with Crippen molar-refractivity contribution in [1.82, 2.24) is 9.88 Å². The van der Waals surface area contributed by atoms with Crippen molar-refractivity contribution in [3.63, 3.8) is 0 Å². The maximum Gasteiger partial charge on any atom is 0.0991 e. The Bertz CT molecular complexity index is 875. The first-order chi connectivity index (χ1) is 12.2. The lowest BCUT2D eigenvalue weighted by Gasteiger charge is -2.42. The van der Waals surface area contributed by atoms with Gasteiger partial charge in [0, 0.05) is 23.0 Å².